The zero-order valence-corrected chi connectivity index (χ0v) is 33.6. The molecule has 0 aliphatic heterocycles. The van der Waals surface area contributed by atoms with Gasteiger partial charge in [0.25, 0.3) is 0 Å². The summed E-state index contributed by atoms with van der Waals surface area (Å²) < 4.78 is 11.9. The number of nitrogens with zero attached hydrogens (tertiary/aromatic N) is 5. The van der Waals surface area contributed by atoms with Gasteiger partial charge in [0.15, 0.2) is 23.1 Å². The maximum atomic E-state index is 7.01. The van der Waals surface area contributed by atoms with Crippen molar-refractivity contribution in [1.82, 2.24) is 24.1 Å². The van der Waals surface area contributed by atoms with Crippen molar-refractivity contribution in [2.75, 3.05) is 0 Å². The highest BCUT2D eigenvalue weighted by Gasteiger charge is 2.23. The average Bonchev–Trinajstić information content (AvgIpc) is 3.99. The monoisotopic (exact) mass is 785 g/mol. The first kappa shape index (κ1) is 35.1. The molecule has 0 saturated carbocycles. The van der Waals surface area contributed by atoms with E-state index in [0.29, 0.717) is 17.5 Å². The Kier molecular flexibility index (Phi) is 8.17. The third-order valence-corrected chi connectivity index (χ3v) is 12.1. The molecule has 0 aliphatic carbocycles. The summed E-state index contributed by atoms with van der Waals surface area (Å²) >= 11 is 0. The van der Waals surface area contributed by atoms with Crippen LogP contribution >= 0.6 is 0 Å². The predicted molar refractivity (Wildman–Crippen MR) is 251 cm³/mol. The minimum absolute atomic E-state index is 0.592. The first-order valence-electron chi connectivity index (χ1n) is 21.1. The number of para-hydroxylation sites is 3. The molecule has 0 unspecified atom stereocenters. The van der Waals surface area contributed by atoms with Crippen LogP contribution in [0.1, 0.15) is 25.3 Å². The molecular formula is C55H39N5O. The van der Waals surface area contributed by atoms with Crippen molar-refractivity contribution >= 4 is 65.6 Å². The average molecular weight is 786 g/mol. The highest BCUT2D eigenvalue weighted by atomic mass is 16.3. The lowest BCUT2D eigenvalue weighted by molar-refractivity contribution is 0.666. The number of fused-ring (bicyclic) bond motifs is 10. The lowest BCUT2D eigenvalue weighted by atomic mass is 10.0. The topological polar surface area (TPSA) is 61.7 Å². The normalized spacial score (nSPS) is 11.9. The molecule has 4 aromatic heterocycles. The number of benzene rings is 8. The minimum atomic E-state index is 0.592. The van der Waals surface area contributed by atoms with Crippen LogP contribution in [0.4, 0.5) is 0 Å². The van der Waals surface area contributed by atoms with Crippen molar-refractivity contribution in [2.45, 2.75) is 26.2 Å². The molecule has 8 aromatic carbocycles. The molecule has 0 N–H and O–H groups in total. The molecule has 0 amide bonds. The molecular weight excluding hydrogens is 747 g/mol. The number of hydrogen-bond donors (Lipinski definition) is 0. The fourth-order valence-corrected chi connectivity index (χ4v) is 9.28. The van der Waals surface area contributed by atoms with Gasteiger partial charge in [-0.3, -0.25) is 0 Å². The molecule has 0 radical (unpaired) electrons. The molecule has 290 valence electrons. The Labute approximate surface area is 352 Å². The van der Waals surface area contributed by atoms with Gasteiger partial charge in [0.05, 0.1) is 27.8 Å². The second-order valence-electron chi connectivity index (χ2n) is 15.8. The molecule has 0 atom stereocenters. The molecule has 61 heavy (non-hydrogen) atoms. The van der Waals surface area contributed by atoms with Gasteiger partial charge >= 0.3 is 0 Å². The summed E-state index contributed by atoms with van der Waals surface area (Å²) in [6.07, 6.45) is 3.34. The molecule has 0 aliphatic rings. The van der Waals surface area contributed by atoms with E-state index in [0.717, 1.165) is 80.3 Å². The van der Waals surface area contributed by atoms with Gasteiger partial charge in [-0.15, -0.1) is 0 Å². The second-order valence-corrected chi connectivity index (χ2v) is 15.8. The van der Waals surface area contributed by atoms with Crippen LogP contribution in [0.15, 0.2) is 186 Å². The van der Waals surface area contributed by atoms with E-state index >= 15 is 0 Å². The Morgan fingerprint density at radius 3 is 1.82 bits per heavy atom. The van der Waals surface area contributed by atoms with Crippen molar-refractivity contribution < 1.29 is 4.42 Å². The van der Waals surface area contributed by atoms with E-state index < -0.39 is 0 Å². The fraction of sp³-hybridized carbons (Fsp3) is 0.0727. The van der Waals surface area contributed by atoms with Crippen LogP contribution in [-0.4, -0.2) is 24.1 Å². The lowest BCUT2D eigenvalue weighted by Crippen LogP contribution is -2.00. The predicted octanol–water partition coefficient (Wildman–Crippen LogP) is 14.3. The van der Waals surface area contributed by atoms with Crippen molar-refractivity contribution in [3.05, 3.63) is 188 Å². The first-order chi connectivity index (χ1) is 30.2. The molecule has 0 saturated heterocycles. The molecule has 6 heteroatoms. The van der Waals surface area contributed by atoms with Gasteiger partial charge in [0, 0.05) is 54.7 Å². The van der Waals surface area contributed by atoms with E-state index in [1.807, 2.05) is 60.7 Å². The number of rotatable bonds is 8. The zero-order valence-electron chi connectivity index (χ0n) is 33.6. The molecule has 6 nitrogen and oxygen atoms in total. The van der Waals surface area contributed by atoms with Crippen LogP contribution < -0.4 is 0 Å². The summed E-state index contributed by atoms with van der Waals surface area (Å²) in [6.45, 7) is 2.26. The standard InChI is InChI=1S/C55H39N5O/c1-2-3-16-35-27-31-46-44(33-35)50-47(32-30-42-40-23-13-14-25-45(40)59(51(42)50)39-21-11-6-12-22-39)60(46)48-26-15-24-43-41-29-28-38(34-49(41)61-52(43)48)55-57-53(36-17-7-4-8-18-36)56-54(58-55)37-19-9-5-10-20-37/h4-15,17-34H,2-3,16H2,1H3. The van der Waals surface area contributed by atoms with Crippen LogP contribution in [0, 0.1) is 0 Å². The summed E-state index contributed by atoms with van der Waals surface area (Å²) in [6, 6.07) is 64.2. The van der Waals surface area contributed by atoms with Crippen molar-refractivity contribution in [3.8, 4) is 45.5 Å². The van der Waals surface area contributed by atoms with Crippen LogP contribution in [-0.2, 0) is 6.42 Å². The van der Waals surface area contributed by atoms with Crippen molar-refractivity contribution in [3.63, 3.8) is 0 Å². The number of unbranched alkanes of at least 4 members (excludes halogenated alkanes) is 1. The molecule has 12 rings (SSSR count). The van der Waals surface area contributed by atoms with Crippen LogP contribution in [0.25, 0.3) is 111 Å². The maximum absolute atomic E-state index is 7.01. The van der Waals surface area contributed by atoms with Gasteiger partial charge in [0.1, 0.15) is 5.58 Å². The third-order valence-electron chi connectivity index (χ3n) is 12.1. The van der Waals surface area contributed by atoms with Crippen LogP contribution in [0.3, 0.4) is 0 Å². The van der Waals surface area contributed by atoms with E-state index in [1.54, 1.807) is 0 Å². The zero-order chi connectivity index (χ0) is 40.4. The Morgan fingerprint density at radius 1 is 0.459 bits per heavy atom. The van der Waals surface area contributed by atoms with E-state index in [4.69, 9.17) is 19.4 Å². The van der Waals surface area contributed by atoms with Gasteiger partial charge in [0.2, 0.25) is 0 Å². The highest BCUT2D eigenvalue weighted by molar-refractivity contribution is 6.26. The second kappa shape index (κ2) is 14.2. The molecule has 0 bridgehead atoms. The first-order valence-corrected chi connectivity index (χ1v) is 21.1. The number of aryl methyl sites for hydroxylation is 1. The summed E-state index contributed by atoms with van der Waals surface area (Å²) in [4.78, 5) is 14.9. The largest absolute Gasteiger partial charge is 0.454 e. The third kappa shape index (κ3) is 5.67. The summed E-state index contributed by atoms with van der Waals surface area (Å²) in [7, 11) is 0. The molecule has 0 spiro atoms. The fourth-order valence-electron chi connectivity index (χ4n) is 9.28. The van der Waals surface area contributed by atoms with Gasteiger partial charge in [-0.2, -0.15) is 0 Å². The van der Waals surface area contributed by atoms with E-state index in [9.17, 15) is 0 Å². The molecule has 0 fully saturated rings. The highest BCUT2D eigenvalue weighted by Crippen LogP contribution is 2.44. The SMILES string of the molecule is CCCCc1ccc2c(c1)c1c(ccc3c4ccccc4n(-c4ccccc4)c31)n2-c1cccc2c1oc1cc(-c3nc(-c4ccccc4)nc(-c4ccccc4)n3)ccc12. The van der Waals surface area contributed by atoms with Gasteiger partial charge in [-0.25, -0.2) is 15.0 Å². The van der Waals surface area contributed by atoms with E-state index in [-0.39, 0.29) is 0 Å². The number of hydrogen-bond acceptors (Lipinski definition) is 4. The summed E-state index contributed by atoms with van der Waals surface area (Å²) in [5.74, 6) is 1.84. The van der Waals surface area contributed by atoms with E-state index in [1.165, 1.54) is 38.1 Å². The molecule has 4 heterocycles. The van der Waals surface area contributed by atoms with Crippen LogP contribution in [0.5, 0.6) is 0 Å². The Bertz CT molecular complexity index is 3560. The summed E-state index contributed by atoms with van der Waals surface area (Å²) in [5.41, 5.74) is 12.5. The maximum Gasteiger partial charge on any atom is 0.164 e. The molecule has 12 aromatic rings. The Balaban J connectivity index is 1.10. The van der Waals surface area contributed by atoms with Crippen molar-refractivity contribution in [1.29, 1.82) is 0 Å². The van der Waals surface area contributed by atoms with E-state index in [2.05, 4.69) is 137 Å². The smallest absolute Gasteiger partial charge is 0.164 e. The minimum Gasteiger partial charge on any atom is -0.454 e. The van der Waals surface area contributed by atoms with Crippen LogP contribution in [0.2, 0.25) is 0 Å². The lowest BCUT2D eigenvalue weighted by Gasteiger charge is -2.10. The number of aromatic nitrogens is 5. The van der Waals surface area contributed by atoms with Gasteiger partial charge in [-0.1, -0.05) is 141 Å². The number of furan rings is 1. The quantitative estimate of drug-likeness (QED) is 0.154. The van der Waals surface area contributed by atoms with Crippen molar-refractivity contribution in [2.24, 2.45) is 0 Å². The van der Waals surface area contributed by atoms with Gasteiger partial charge in [-0.05, 0) is 73.0 Å². The Hall–Kier alpha value is -7.83. The summed E-state index contributed by atoms with van der Waals surface area (Å²) in [5, 5.41) is 7.05. The van der Waals surface area contributed by atoms with Gasteiger partial charge < -0.3 is 13.6 Å². The Morgan fingerprint density at radius 2 is 1.08 bits per heavy atom.